The fraction of sp³-hybridized carbons (Fsp3) is 0.250. The van der Waals surface area contributed by atoms with Crippen molar-refractivity contribution in [2.45, 2.75) is 5.85 Å². The van der Waals surface area contributed by atoms with Gasteiger partial charge in [-0.1, -0.05) is 0 Å². The minimum absolute atomic E-state index is 0.0741. The lowest BCUT2D eigenvalue weighted by Crippen LogP contribution is -2.49. The SMILES string of the molecule is NC1=C(N)C(N)(O)N=CN1. The normalized spacial score (nSPS) is 32.2. The van der Waals surface area contributed by atoms with Crippen molar-refractivity contribution >= 4 is 6.34 Å². The molecule has 0 aromatic carbocycles. The summed E-state index contributed by atoms with van der Waals surface area (Å²) in [7, 11) is 0. The first-order valence-electron chi connectivity index (χ1n) is 2.61. The molecule has 0 bridgehead atoms. The zero-order valence-corrected chi connectivity index (χ0v) is 5.20. The quantitative estimate of drug-likeness (QED) is 0.236. The summed E-state index contributed by atoms with van der Waals surface area (Å²) in [6.45, 7) is 0. The zero-order chi connectivity index (χ0) is 7.78. The van der Waals surface area contributed by atoms with Crippen LogP contribution >= 0.6 is 0 Å². The predicted molar refractivity (Wildman–Crippen MR) is 36.2 cm³/mol. The maximum atomic E-state index is 9.09. The number of rotatable bonds is 0. The molecule has 0 radical (unpaired) electrons. The average Bonchev–Trinajstić information content (AvgIpc) is 1.83. The Morgan fingerprint density at radius 3 is 2.60 bits per heavy atom. The Hall–Kier alpha value is -1.27. The standard InChI is InChI=1S/C4H9N5O/c5-2-3(6)8-1-9-4(2,7)10/h1,10H,5-7H2,(H,8,9). The summed E-state index contributed by atoms with van der Waals surface area (Å²) in [5, 5.41) is 11.6. The van der Waals surface area contributed by atoms with E-state index in [1.165, 1.54) is 6.34 Å². The number of nitrogens with two attached hydrogens (primary N) is 3. The maximum absolute atomic E-state index is 9.09. The molecule has 1 aliphatic rings. The molecule has 1 rings (SSSR count). The van der Waals surface area contributed by atoms with E-state index >= 15 is 0 Å². The molecule has 8 N–H and O–H groups in total. The Morgan fingerprint density at radius 2 is 2.20 bits per heavy atom. The van der Waals surface area contributed by atoms with Gasteiger partial charge < -0.3 is 21.9 Å². The van der Waals surface area contributed by atoms with Crippen molar-refractivity contribution in [3.8, 4) is 0 Å². The fourth-order valence-corrected chi connectivity index (χ4v) is 0.546. The van der Waals surface area contributed by atoms with Crippen molar-refractivity contribution in [2.75, 3.05) is 0 Å². The third-order valence-corrected chi connectivity index (χ3v) is 1.17. The van der Waals surface area contributed by atoms with Crippen molar-refractivity contribution < 1.29 is 5.11 Å². The molecule has 0 saturated carbocycles. The number of hydrogen-bond acceptors (Lipinski definition) is 6. The van der Waals surface area contributed by atoms with E-state index in [-0.39, 0.29) is 11.5 Å². The Kier molecular flexibility index (Phi) is 1.27. The molecule has 56 valence electrons. The molecule has 0 spiro atoms. The van der Waals surface area contributed by atoms with Gasteiger partial charge in [0.2, 0.25) is 0 Å². The molecule has 10 heavy (non-hydrogen) atoms. The minimum Gasteiger partial charge on any atom is -0.394 e. The molecule has 0 aromatic heterocycles. The summed E-state index contributed by atoms with van der Waals surface area (Å²) in [5.41, 5.74) is 15.6. The molecule has 1 aliphatic heterocycles. The molecule has 0 aliphatic carbocycles. The van der Waals surface area contributed by atoms with E-state index in [4.69, 9.17) is 22.3 Å². The van der Waals surface area contributed by atoms with Gasteiger partial charge in [0.25, 0.3) is 5.85 Å². The van der Waals surface area contributed by atoms with E-state index in [0.29, 0.717) is 0 Å². The highest BCUT2D eigenvalue weighted by Crippen LogP contribution is 2.09. The van der Waals surface area contributed by atoms with Crippen molar-refractivity contribution in [2.24, 2.45) is 22.2 Å². The molecule has 1 heterocycles. The van der Waals surface area contributed by atoms with Gasteiger partial charge in [0.05, 0.1) is 6.34 Å². The Labute approximate surface area is 57.4 Å². The van der Waals surface area contributed by atoms with Gasteiger partial charge in [0.1, 0.15) is 11.5 Å². The number of hydrogen-bond donors (Lipinski definition) is 5. The van der Waals surface area contributed by atoms with Crippen molar-refractivity contribution in [1.82, 2.24) is 5.32 Å². The zero-order valence-electron chi connectivity index (χ0n) is 5.20. The van der Waals surface area contributed by atoms with Crippen molar-refractivity contribution in [3.63, 3.8) is 0 Å². The Bertz CT molecular complexity index is 206. The average molecular weight is 143 g/mol. The Balaban J connectivity index is 2.97. The highest BCUT2D eigenvalue weighted by Gasteiger charge is 2.27. The summed E-state index contributed by atoms with van der Waals surface area (Å²) >= 11 is 0. The smallest absolute Gasteiger partial charge is 0.258 e. The van der Waals surface area contributed by atoms with Crippen LogP contribution in [0.4, 0.5) is 0 Å². The van der Waals surface area contributed by atoms with Gasteiger partial charge in [0, 0.05) is 0 Å². The Morgan fingerprint density at radius 1 is 1.60 bits per heavy atom. The van der Waals surface area contributed by atoms with Gasteiger partial charge in [-0.25, -0.2) is 4.99 Å². The van der Waals surface area contributed by atoms with E-state index < -0.39 is 5.85 Å². The van der Waals surface area contributed by atoms with Crippen LogP contribution in [0, 0.1) is 0 Å². The van der Waals surface area contributed by atoms with Gasteiger partial charge in [-0.2, -0.15) is 0 Å². The molecule has 1 atom stereocenters. The summed E-state index contributed by atoms with van der Waals surface area (Å²) in [6, 6.07) is 0. The van der Waals surface area contributed by atoms with Crippen LogP contribution in [0.3, 0.4) is 0 Å². The van der Waals surface area contributed by atoms with Crippen LogP contribution in [0.2, 0.25) is 0 Å². The van der Waals surface area contributed by atoms with Crippen molar-refractivity contribution in [3.05, 3.63) is 11.5 Å². The fourth-order valence-electron chi connectivity index (χ4n) is 0.546. The third-order valence-electron chi connectivity index (χ3n) is 1.17. The first-order valence-corrected chi connectivity index (χ1v) is 2.61. The molecule has 0 saturated heterocycles. The second-order valence-corrected chi connectivity index (χ2v) is 1.96. The van der Waals surface area contributed by atoms with Crippen LogP contribution in [0.5, 0.6) is 0 Å². The molecule has 1 unspecified atom stereocenters. The summed E-state index contributed by atoms with van der Waals surface area (Å²) in [5.74, 6) is -1.73. The minimum atomic E-state index is -1.85. The molecule has 6 heteroatoms. The van der Waals surface area contributed by atoms with Crippen LogP contribution in [-0.2, 0) is 0 Å². The summed E-state index contributed by atoms with van der Waals surface area (Å²) < 4.78 is 0. The largest absolute Gasteiger partial charge is 0.394 e. The number of nitrogens with zero attached hydrogens (tertiary/aromatic N) is 1. The van der Waals surface area contributed by atoms with Crippen LogP contribution in [0.25, 0.3) is 0 Å². The second kappa shape index (κ2) is 1.86. The summed E-state index contributed by atoms with van der Waals surface area (Å²) in [6.07, 6.45) is 1.19. The molecular weight excluding hydrogens is 134 g/mol. The van der Waals surface area contributed by atoms with Crippen LogP contribution in [0.15, 0.2) is 16.5 Å². The molecule has 0 fully saturated rings. The van der Waals surface area contributed by atoms with Gasteiger partial charge >= 0.3 is 0 Å². The second-order valence-electron chi connectivity index (χ2n) is 1.96. The van der Waals surface area contributed by atoms with Crippen molar-refractivity contribution in [1.29, 1.82) is 0 Å². The maximum Gasteiger partial charge on any atom is 0.258 e. The molecule has 0 amide bonds. The number of aliphatic imine (C=N–C) groups is 1. The summed E-state index contributed by atoms with van der Waals surface area (Å²) in [4.78, 5) is 3.43. The lowest BCUT2D eigenvalue weighted by molar-refractivity contribution is 0.0906. The van der Waals surface area contributed by atoms with Crippen LogP contribution in [0.1, 0.15) is 0 Å². The van der Waals surface area contributed by atoms with E-state index in [2.05, 4.69) is 10.3 Å². The van der Waals surface area contributed by atoms with Crippen LogP contribution < -0.4 is 22.5 Å². The first kappa shape index (κ1) is 6.84. The lowest BCUT2D eigenvalue weighted by atomic mass is 10.3. The first-order chi connectivity index (χ1) is 4.54. The van der Waals surface area contributed by atoms with Gasteiger partial charge in [0.15, 0.2) is 0 Å². The molecule has 6 nitrogen and oxygen atoms in total. The van der Waals surface area contributed by atoms with E-state index in [0.717, 1.165) is 0 Å². The van der Waals surface area contributed by atoms with E-state index in [1.807, 2.05) is 0 Å². The number of aliphatic hydroxyl groups is 1. The lowest BCUT2D eigenvalue weighted by Gasteiger charge is -2.23. The molecular formula is C4H9N5O. The highest BCUT2D eigenvalue weighted by atomic mass is 16.3. The van der Waals surface area contributed by atoms with Gasteiger partial charge in [-0.3, -0.25) is 5.73 Å². The topological polar surface area (TPSA) is 123 Å². The highest BCUT2D eigenvalue weighted by molar-refractivity contribution is 5.60. The monoisotopic (exact) mass is 143 g/mol. The van der Waals surface area contributed by atoms with Crippen LogP contribution in [-0.4, -0.2) is 17.3 Å². The molecule has 0 aromatic rings. The van der Waals surface area contributed by atoms with E-state index in [1.54, 1.807) is 0 Å². The predicted octanol–water partition coefficient (Wildman–Crippen LogP) is -2.69. The third kappa shape index (κ3) is 0.893. The number of nitrogens with one attached hydrogen (secondary N) is 1. The van der Waals surface area contributed by atoms with Gasteiger partial charge in [-0.05, 0) is 0 Å². The van der Waals surface area contributed by atoms with E-state index in [9.17, 15) is 0 Å². The van der Waals surface area contributed by atoms with Gasteiger partial charge in [-0.15, -0.1) is 0 Å².